The number of aromatic nitrogens is 1. The molecule has 3 heterocycles. The van der Waals surface area contributed by atoms with E-state index in [1.54, 1.807) is 26.2 Å². The van der Waals surface area contributed by atoms with Crippen LogP contribution in [0.2, 0.25) is 0 Å². The molecule has 7 nitrogen and oxygen atoms in total. The fourth-order valence-corrected chi connectivity index (χ4v) is 3.26. The Bertz CT molecular complexity index is 868. The summed E-state index contributed by atoms with van der Waals surface area (Å²) in [5.41, 5.74) is 2.60. The number of nitrogens with one attached hydrogen (secondary N) is 3. The van der Waals surface area contributed by atoms with Gasteiger partial charge in [-0.3, -0.25) is 14.6 Å². The number of hydrogen-bond acceptors (Lipinski definition) is 6. The van der Waals surface area contributed by atoms with Gasteiger partial charge >= 0.3 is 5.97 Å². The van der Waals surface area contributed by atoms with Gasteiger partial charge in [0.2, 0.25) is 5.91 Å². The summed E-state index contributed by atoms with van der Waals surface area (Å²) >= 11 is 0. The summed E-state index contributed by atoms with van der Waals surface area (Å²) < 4.78 is 5.12. The van der Waals surface area contributed by atoms with Crippen LogP contribution in [-0.4, -0.2) is 23.5 Å². The van der Waals surface area contributed by atoms with Gasteiger partial charge in [0.05, 0.1) is 18.0 Å². The quantitative estimate of drug-likeness (QED) is 0.588. The topological polar surface area (TPSA) is 92.4 Å². The first kappa shape index (κ1) is 15.4. The molecule has 1 aromatic heterocycles. The second-order valence-corrected chi connectivity index (χ2v) is 6.25. The van der Waals surface area contributed by atoms with Gasteiger partial charge in [-0.2, -0.15) is 0 Å². The summed E-state index contributed by atoms with van der Waals surface area (Å²) in [5, 5.41) is 9.51. The number of amides is 1. The Kier molecular flexibility index (Phi) is 3.38. The molecular formula is C18H18N4O3. The second kappa shape index (κ2) is 5.47. The third kappa shape index (κ3) is 2.23. The molecule has 25 heavy (non-hydrogen) atoms. The fourth-order valence-electron chi connectivity index (χ4n) is 3.26. The van der Waals surface area contributed by atoms with Gasteiger partial charge in [-0.15, -0.1) is 0 Å². The number of carbonyl (C=O) groups excluding carboxylic acids is 2. The lowest BCUT2D eigenvalue weighted by molar-refractivity contribution is -0.152. The lowest BCUT2D eigenvalue weighted by Gasteiger charge is -2.20. The number of rotatable bonds is 3. The van der Waals surface area contributed by atoms with Gasteiger partial charge in [0.1, 0.15) is 6.17 Å². The SMILES string of the molecule is CCOC(=O)C1(C)C(=O)Nc2cc3c(cc21)NC(c1cccnc1)N3. The van der Waals surface area contributed by atoms with E-state index in [2.05, 4.69) is 20.9 Å². The molecule has 4 rings (SSSR count). The van der Waals surface area contributed by atoms with Crippen LogP contribution in [0.25, 0.3) is 0 Å². The van der Waals surface area contributed by atoms with Crippen molar-refractivity contribution in [1.82, 2.24) is 4.98 Å². The summed E-state index contributed by atoms with van der Waals surface area (Å²) in [6, 6.07) is 7.53. The molecule has 0 fully saturated rings. The summed E-state index contributed by atoms with van der Waals surface area (Å²) in [4.78, 5) is 29.0. The molecule has 2 aliphatic rings. The van der Waals surface area contributed by atoms with E-state index < -0.39 is 11.4 Å². The zero-order valence-corrected chi connectivity index (χ0v) is 13.9. The van der Waals surface area contributed by atoms with Crippen molar-refractivity contribution in [2.75, 3.05) is 22.6 Å². The molecule has 0 radical (unpaired) electrons. The number of ether oxygens (including phenoxy) is 1. The second-order valence-electron chi connectivity index (χ2n) is 6.25. The van der Waals surface area contributed by atoms with Crippen molar-refractivity contribution in [1.29, 1.82) is 0 Å². The number of anilines is 3. The maximum Gasteiger partial charge on any atom is 0.326 e. The Morgan fingerprint density at radius 1 is 1.28 bits per heavy atom. The molecule has 0 aliphatic carbocycles. The Labute approximate surface area is 144 Å². The predicted molar refractivity (Wildman–Crippen MR) is 93.3 cm³/mol. The van der Waals surface area contributed by atoms with Crippen LogP contribution in [-0.2, 0) is 19.7 Å². The minimum atomic E-state index is -1.34. The van der Waals surface area contributed by atoms with Crippen molar-refractivity contribution < 1.29 is 14.3 Å². The third-order valence-corrected chi connectivity index (χ3v) is 4.70. The van der Waals surface area contributed by atoms with Gasteiger partial charge in [0, 0.05) is 29.2 Å². The molecule has 0 bridgehead atoms. The molecule has 2 atom stereocenters. The Hall–Kier alpha value is -3.09. The number of fused-ring (bicyclic) bond motifs is 2. The maximum absolute atomic E-state index is 12.4. The first-order valence-electron chi connectivity index (χ1n) is 8.14. The molecule has 1 aromatic carbocycles. The van der Waals surface area contributed by atoms with E-state index in [0.29, 0.717) is 11.3 Å². The smallest absolute Gasteiger partial charge is 0.326 e. The van der Waals surface area contributed by atoms with Gasteiger partial charge in [0.25, 0.3) is 0 Å². The average molecular weight is 338 g/mol. The number of nitrogens with zero attached hydrogens (tertiary/aromatic N) is 1. The summed E-state index contributed by atoms with van der Waals surface area (Å²) in [7, 11) is 0. The Balaban J connectivity index is 1.71. The van der Waals surface area contributed by atoms with E-state index in [0.717, 1.165) is 16.9 Å². The monoisotopic (exact) mass is 338 g/mol. The molecule has 7 heteroatoms. The molecule has 2 aromatic rings. The first-order valence-corrected chi connectivity index (χ1v) is 8.14. The van der Waals surface area contributed by atoms with E-state index in [1.165, 1.54) is 0 Å². The van der Waals surface area contributed by atoms with Crippen LogP contribution < -0.4 is 16.0 Å². The molecule has 2 unspecified atom stereocenters. The molecule has 0 saturated carbocycles. The van der Waals surface area contributed by atoms with Crippen molar-refractivity contribution in [3.63, 3.8) is 0 Å². The largest absolute Gasteiger partial charge is 0.465 e. The molecular weight excluding hydrogens is 320 g/mol. The van der Waals surface area contributed by atoms with Crippen molar-refractivity contribution in [2.24, 2.45) is 0 Å². The van der Waals surface area contributed by atoms with Crippen LogP contribution in [0.5, 0.6) is 0 Å². The zero-order chi connectivity index (χ0) is 17.6. The minimum Gasteiger partial charge on any atom is -0.465 e. The van der Waals surface area contributed by atoms with Crippen LogP contribution in [0.1, 0.15) is 31.1 Å². The van der Waals surface area contributed by atoms with Gasteiger partial charge in [-0.25, -0.2) is 0 Å². The van der Waals surface area contributed by atoms with E-state index in [1.807, 2.05) is 24.3 Å². The van der Waals surface area contributed by atoms with E-state index in [9.17, 15) is 9.59 Å². The minimum absolute atomic E-state index is 0.115. The van der Waals surface area contributed by atoms with Crippen LogP contribution >= 0.6 is 0 Å². The van der Waals surface area contributed by atoms with E-state index in [4.69, 9.17) is 4.74 Å². The summed E-state index contributed by atoms with van der Waals surface area (Å²) in [6.45, 7) is 3.55. The lowest BCUT2D eigenvalue weighted by Crippen LogP contribution is -2.40. The molecule has 3 N–H and O–H groups in total. The highest BCUT2D eigenvalue weighted by atomic mass is 16.5. The number of pyridine rings is 1. The molecule has 2 aliphatic heterocycles. The number of esters is 1. The molecule has 128 valence electrons. The van der Waals surface area contributed by atoms with Crippen molar-refractivity contribution >= 4 is 28.9 Å². The number of benzene rings is 1. The standard InChI is InChI=1S/C18H18N4O3/c1-3-25-17(24)18(2)11-7-13-14(8-12(11)22-16(18)23)21-15(20-13)10-5-4-6-19-9-10/h4-9,15,20-21H,3H2,1-2H3,(H,22,23). The maximum atomic E-state index is 12.4. The van der Waals surface area contributed by atoms with E-state index >= 15 is 0 Å². The highest BCUT2D eigenvalue weighted by Crippen LogP contribution is 2.46. The van der Waals surface area contributed by atoms with Gasteiger partial charge in [-0.05, 0) is 32.0 Å². The third-order valence-electron chi connectivity index (χ3n) is 4.70. The van der Waals surface area contributed by atoms with Gasteiger partial charge in [-0.1, -0.05) is 6.07 Å². The van der Waals surface area contributed by atoms with E-state index in [-0.39, 0.29) is 18.7 Å². The van der Waals surface area contributed by atoms with Crippen molar-refractivity contribution in [3.05, 3.63) is 47.8 Å². The van der Waals surface area contributed by atoms with Crippen molar-refractivity contribution in [2.45, 2.75) is 25.4 Å². The Morgan fingerprint density at radius 2 is 2.04 bits per heavy atom. The summed E-state index contributed by atoms with van der Waals surface area (Å²) in [5.74, 6) is -0.908. The fraction of sp³-hybridized carbons (Fsp3) is 0.278. The average Bonchev–Trinajstić information content (AvgIpc) is 3.14. The lowest BCUT2D eigenvalue weighted by atomic mass is 9.83. The van der Waals surface area contributed by atoms with Gasteiger partial charge < -0.3 is 20.7 Å². The number of hydrogen-bond donors (Lipinski definition) is 3. The normalized spacial score (nSPS) is 23.1. The van der Waals surface area contributed by atoms with Crippen LogP contribution in [0, 0.1) is 0 Å². The van der Waals surface area contributed by atoms with Crippen LogP contribution in [0.15, 0.2) is 36.7 Å². The summed E-state index contributed by atoms with van der Waals surface area (Å²) in [6.07, 6.45) is 3.39. The van der Waals surface area contributed by atoms with Crippen LogP contribution in [0.4, 0.5) is 17.1 Å². The van der Waals surface area contributed by atoms with Gasteiger partial charge in [0.15, 0.2) is 5.41 Å². The molecule has 1 amide bonds. The first-order chi connectivity index (χ1) is 12.0. The zero-order valence-electron chi connectivity index (χ0n) is 13.9. The highest BCUT2D eigenvalue weighted by molar-refractivity contribution is 6.19. The number of carbonyl (C=O) groups is 2. The van der Waals surface area contributed by atoms with Crippen molar-refractivity contribution in [3.8, 4) is 0 Å². The molecule has 0 saturated heterocycles. The predicted octanol–water partition coefficient (Wildman–Crippen LogP) is 2.39. The highest BCUT2D eigenvalue weighted by Gasteiger charge is 2.51. The Morgan fingerprint density at radius 3 is 2.72 bits per heavy atom. The van der Waals surface area contributed by atoms with Crippen LogP contribution in [0.3, 0.4) is 0 Å². The molecule has 0 spiro atoms.